The molecule has 0 N–H and O–H groups in total. The van der Waals surface area contributed by atoms with Gasteiger partial charge in [0.2, 0.25) is 5.11 Å². The molecule has 0 aliphatic rings. The number of nitrogens with zero attached hydrogens (tertiary/aromatic N) is 3. The van der Waals surface area contributed by atoms with Crippen LogP contribution in [0.2, 0.25) is 0 Å². The van der Waals surface area contributed by atoms with Crippen molar-refractivity contribution in [1.82, 2.24) is 9.80 Å². The van der Waals surface area contributed by atoms with Crippen molar-refractivity contribution in [3.63, 3.8) is 0 Å². The van der Waals surface area contributed by atoms with Crippen LogP contribution in [0.1, 0.15) is 60.8 Å². The van der Waals surface area contributed by atoms with Crippen molar-refractivity contribution in [3.05, 3.63) is 4.91 Å². The minimum atomic E-state index is -0.117. The summed E-state index contributed by atoms with van der Waals surface area (Å²) in [5.74, 6) is 0. The average Bonchev–Trinajstić information content (AvgIpc) is 2.46. The third-order valence-corrected chi connectivity index (χ3v) is 4.56. The highest BCUT2D eigenvalue weighted by molar-refractivity contribution is 7.80. The largest absolute Gasteiger partial charge is 0.324 e. The van der Waals surface area contributed by atoms with Gasteiger partial charge in [0.05, 0.1) is 6.17 Å². The summed E-state index contributed by atoms with van der Waals surface area (Å²) in [6.07, 6.45) is 2.95. The van der Waals surface area contributed by atoms with Crippen molar-refractivity contribution in [3.8, 4) is 0 Å². The molecule has 0 aromatic rings. The van der Waals surface area contributed by atoms with Gasteiger partial charge >= 0.3 is 0 Å². The number of hydrogen-bond donors (Lipinski definition) is 0. The van der Waals surface area contributed by atoms with E-state index in [1.807, 2.05) is 0 Å². The molecule has 0 aromatic carbocycles. The molecule has 1 atom stereocenters. The maximum atomic E-state index is 11.0. The molecule has 19 heavy (non-hydrogen) atoms. The van der Waals surface area contributed by atoms with E-state index in [2.05, 4.69) is 56.5 Å². The Hall–Kier alpha value is -0.550. The molecular formula is C14H29N3OS. The van der Waals surface area contributed by atoms with E-state index >= 15 is 0 Å². The van der Waals surface area contributed by atoms with Crippen LogP contribution in [-0.4, -0.2) is 39.7 Å². The zero-order valence-electron chi connectivity index (χ0n) is 13.3. The first-order valence-corrected chi connectivity index (χ1v) is 7.77. The van der Waals surface area contributed by atoms with Crippen LogP contribution in [0.5, 0.6) is 0 Å². The van der Waals surface area contributed by atoms with Crippen molar-refractivity contribution in [2.24, 2.45) is 5.18 Å². The Morgan fingerprint density at radius 1 is 1.16 bits per heavy atom. The lowest BCUT2D eigenvalue weighted by Crippen LogP contribution is -2.59. The molecule has 1 unspecified atom stereocenters. The molecule has 0 spiro atoms. The summed E-state index contributed by atoms with van der Waals surface area (Å²) in [4.78, 5) is 15.4. The quantitative estimate of drug-likeness (QED) is 0.384. The Morgan fingerprint density at radius 3 is 1.89 bits per heavy atom. The summed E-state index contributed by atoms with van der Waals surface area (Å²) in [6, 6.07) is 0. The van der Waals surface area contributed by atoms with Gasteiger partial charge in [0, 0.05) is 5.54 Å². The molecule has 5 heteroatoms. The van der Waals surface area contributed by atoms with E-state index in [1.165, 1.54) is 0 Å². The van der Waals surface area contributed by atoms with Gasteiger partial charge in [-0.3, -0.25) is 4.90 Å². The predicted octanol–water partition coefficient (Wildman–Crippen LogP) is 4.00. The molecule has 0 amide bonds. The van der Waals surface area contributed by atoms with Gasteiger partial charge in [0.15, 0.2) is 0 Å². The minimum absolute atomic E-state index is 0.117. The maximum Gasteiger partial charge on any atom is 0.240 e. The van der Waals surface area contributed by atoms with Gasteiger partial charge in [-0.05, 0) is 56.7 Å². The summed E-state index contributed by atoms with van der Waals surface area (Å²) in [5, 5.41) is 3.24. The molecular weight excluding hydrogens is 258 g/mol. The molecule has 0 heterocycles. The van der Waals surface area contributed by atoms with Crippen LogP contribution in [0.3, 0.4) is 0 Å². The fraction of sp³-hybridized carbons (Fsp3) is 0.929. The summed E-state index contributed by atoms with van der Waals surface area (Å²) in [7, 11) is 0. The fourth-order valence-corrected chi connectivity index (χ4v) is 2.94. The van der Waals surface area contributed by atoms with Crippen molar-refractivity contribution in [2.75, 3.05) is 13.1 Å². The van der Waals surface area contributed by atoms with E-state index in [1.54, 1.807) is 0 Å². The van der Waals surface area contributed by atoms with E-state index in [9.17, 15) is 4.91 Å². The lowest BCUT2D eigenvalue weighted by molar-refractivity contribution is 0.0245. The van der Waals surface area contributed by atoms with Crippen LogP contribution >= 0.6 is 12.2 Å². The third-order valence-electron chi connectivity index (χ3n) is 4.29. The Morgan fingerprint density at radius 2 is 1.63 bits per heavy atom. The topological polar surface area (TPSA) is 35.9 Å². The lowest BCUT2D eigenvalue weighted by atomic mass is 9.92. The maximum absolute atomic E-state index is 11.0. The smallest absolute Gasteiger partial charge is 0.240 e. The van der Waals surface area contributed by atoms with Crippen LogP contribution in [-0.2, 0) is 0 Å². The van der Waals surface area contributed by atoms with Gasteiger partial charge in [0.1, 0.15) is 0 Å². The first kappa shape index (κ1) is 18.4. The molecule has 112 valence electrons. The zero-order valence-corrected chi connectivity index (χ0v) is 14.1. The highest BCUT2D eigenvalue weighted by Gasteiger charge is 2.37. The lowest BCUT2D eigenvalue weighted by Gasteiger charge is -2.48. The molecule has 0 aliphatic carbocycles. The predicted molar refractivity (Wildman–Crippen MR) is 86.2 cm³/mol. The summed E-state index contributed by atoms with van der Waals surface area (Å²) >= 11 is 5.24. The molecule has 0 fully saturated rings. The third kappa shape index (κ3) is 4.21. The number of hydrogen-bond acceptors (Lipinski definition) is 3. The average molecular weight is 287 g/mol. The van der Waals surface area contributed by atoms with Gasteiger partial charge in [-0.15, -0.1) is 4.91 Å². The van der Waals surface area contributed by atoms with Crippen molar-refractivity contribution in [1.29, 1.82) is 0 Å². The zero-order chi connectivity index (χ0) is 15.1. The molecule has 4 nitrogen and oxygen atoms in total. The fourth-order valence-electron chi connectivity index (χ4n) is 2.60. The Balaban J connectivity index is 5.55. The van der Waals surface area contributed by atoms with Crippen LogP contribution in [0.15, 0.2) is 5.18 Å². The van der Waals surface area contributed by atoms with Crippen LogP contribution in [0.25, 0.3) is 0 Å². The van der Waals surface area contributed by atoms with E-state index in [-0.39, 0.29) is 16.8 Å². The normalized spacial score (nSPS) is 13.4. The standard InChI is InChI=1S/C14H29N3OS/c1-7-12(16(10-4)11-5)17(13(19)15-18)14(6,8-2)9-3/h12H,7-11H2,1-6H3. The molecule has 0 radical (unpaired) electrons. The molecule has 0 saturated heterocycles. The van der Waals surface area contributed by atoms with E-state index in [0.29, 0.717) is 0 Å². The molecule has 0 aromatic heterocycles. The van der Waals surface area contributed by atoms with Gasteiger partial charge in [-0.1, -0.05) is 34.6 Å². The highest BCUT2D eigenvalue weighted by Crippen LogP contribution is 2.29. The summed E-state index contributed by atoms with van der Waals surface area (Å²) in [6.45, 7) is 14.7. The monoisotopic (exact) mass is 287 g/mol. The summed E-state index contributed by atoms with van der Waals surface area (Å²) in [5.41, 5.74) is -0.117. The Kier molecular flexibility index (Phi) is 8.34. The van der Waals surface area contributed by atoms with E-state index in [0.717, 1.165) is 32.4 Å². The van der Waals surface area contributed by atoms with E-state index < -0.39 is 0 Å². The highest BCUT2D eigenvalue weighted by atomic mass is 32.1. The van der Waals surface area contributed by atoms with Gasteiger partial charge in [-0.25, -0.2) is 0 Å². The molecule has 0 aliphatic heterocycles. The van der Waals surface area contributed by atoms with Crippen LogP contribution in [0.4, 0.5) is 0 Å². The Labute approximate surface area is 123 Å². The van der Waals surface area contributed by atoms with Gasteiger partial charge in [0.25, 0.3) is 0 Å². The first-order chi connectivity index (χ1) is 8.95. The second-order valence-corrected chi connectivity index (χ2v) is 5.42. The van der Waals surface area contributed by atoms with Crippen molar-refractivity contribution < 1.29 is 0 Å². The van der Waals surface area contributed by atoms with Crippen LogP contribution in [0, 0.1) is 4.91 Å². The van der Waals surface area contributed by atoms with Crippen LogP contribution < -0.4 is 0 Å². The summed E-state index contributed by atoms with van der Waals surface area (Å²) < 4.78 is 0. The molecule has 0 saturated carbocycles. The SMILES string of the molecule is CCC(N(CC)CC)N(C(=S)N=O)C(C)(CC)CC. The van der Waals surface area contributed by atoms with E-state index in [4.69, 9.17) is 12.2 Å². The van der Waals surface area contributed by atoms with Crippen molar-refractivity contribution >= 4 is 17.3 Å². The van der Waals surface area contributed by atoms with Gasteiger partial charge in [-0.2, -0.15) is 0 Å². The number of nitroso groups, excluding NO2 is 1. The van der Waals surface area contributed by atoms with Crippen molar-refractivity contribution in [2.45, 2.75) is 72.5 Å². The second-order valence-electron chi connectivity index (χ2n) is 5.06. The van der Waals surface area contributed by atoms with Gasteiger partial charge < -0.3 is 4.90 Å². The molecule has 0 bridgehead atoms. The Bertz CT molecular complexity index is 288. The second kappa shape index (κ2) is 8.59. The minimum Gasteiger partial charge on any atom is -0.324 e. The molecule has 0 rings (SSSR count). The first-order valence-electron chi connectivity index (χ1n) is 7.36. The number of rotatable bonds is 8. The number of thiocarbonyl (C=S) groups is 1.